The van der Waals surface area contributed by atoms with Crippen molar-refractivity contribution >= 4 is 33.2 Å². The molecular weight excluding hydrogens is 452 g/mol. The number of aryl methyl sites for hydroxylation is 1. The first-order chi connectivity index (χ1) is 16.3. The van der Waals surface area contributed by atoms with Crippen molar-refractivity contribution in [1.82, 2.24) is 9.62 Å². The number of benzene rings is 2. The van der Waals surface area contributed by atoms with E-state index in [-0.39, 0.29) is 29.7 Å². The maximum atomic E-state index is 13.1. The van der Waals surface area contributed by atoms with Gasteiger partial charge in [0, 0.05) is 51.5 Å². The monoisotopic (exact) mass is 484 g/mol. The SMILES string of the molecule is CN(C)c1ccc(CNC(=O)CN2C(=O)CCc3cc(S(=O)(=O)N4CCCCC4)ccc32)cc1. The van der Waals surface area contributed by atoms with Gasteiger partial charge in [-0.2, -0.15) is 4.31 Å². The van der Waals surface area contributed by atoms with E-state index >= 15 is 0 Å². The molecule has 0 spiro atoms. The molecule has 0 aromatic heterocycles. The zero-order valence-electron chi connectivity index (χ0n) is 19.8. The quantitative estimate of drug-likeness (QED) is 0.652. The van der Waals surface area contributed by atoms with Gasteiger partial charge in [-0.15, -0.1) is 0 Å². The molecule has 1 fully saturated rings. The molecule has 1 N–H and O–H groups in total. The molecule has 0 unspecified atom stereocenters. The molecule has 2 aromatic carbocycles. The average molecular weight is 485 g/mol. The molecule has 2 amide bonds. The fourth-order valence-electron chi connectivity index (χ4n) is 4.44. The number of rotatable bonds is 7. The molecule has 1 saturated heterocycles. The van der Waals surface area contributed by atoms with Crippen LogP contribution in [0.2, 0.25) is 0 Å². The molecule has 2 aromatic rings. The number of carbonyl (C=O) groups excluding carboxylic acids is 2. The molecule has 4 rings (SSSR count). The van der Waals surface area contributed by atoms with Gasteiger partial charge in [0.25, 0.3) is 0 Å². The van der Waals surface area contributed by atoms with Gasteiger partial charge in [0.15, 0.2) is 0 Å². The van der Waals surface area contributed by atoms with E-state index < -0.39 is 10.0 Å². The van der Waals surface area contributed by atoms with Crippen molar-refractivity contribution in [3.8, 4) is 0 Å². The van der Waals surface area contributed by atoms with Gasteiger partial charge in [-0.25, -0.2) is 8.42 Å². The Labute approximate surface area is 201 Å². The van der Waals surface area contributed by atoms with Crippen molar-refractivity contribution in [3.63, 3.8) is 0 Å². The fraction of sp³-hybridized carbons (Fsp3) is 0.440. The van der Waals surface area contributed by atoms with E-state index in [1.54, 1.807) is 22.5 Å². The Hall–Kier alpha value is -2.91. The van der Waals surface area contributed by atoms with Gasteiger partial charge in [-0.05, 0) is 60.7 Å². The van der Waals surface area contributed by atoms with Gasteiger partial charge < -0.3 is 15.1 Å². The molecule has 0 radical (unpaired) electrons. The summed E-state index contributed by atoms with van der Waals surface area (Å²) >= 11 is 0. The minimum atomic E-state index is -3.55. The van der Waals surface area contributed by atoms with Crippen LogP contribution in [0.5, 0.6) is 0 Å². The van der Waals surface area contributed by atoms with Crippen molar-refractivity contribution in [2.24, 2.45) is 0 Å². The highest BCUT2D eigenvalue weighted by atomic mass is 32.2. The second-order valence-electron chi connectivity index (χ2n) is 9.07. The van der Waals surface area contributed by atoms with Gasteiger partial charge in [-0.1, -0.05) is 18.6 Å². The van der Waals surface area contributed by atoms with Crippen molar-refractivity contribution < 1.29 is 18.0 Å². The third-order valence-corrected chi connectivity index (χ3v) is 8.34. The molecule has 0 saturated carbocycles. The molecule has 182 valence electrons. The van der Waals surface area contributed by atoms with E-state index in [4.69, 9.17) is 0 Å². The Morgan fingerprint density at radius 3 is 2.38 bits per heavy atom. The van der Waals surface area contributed by atoms with Crippen molar-refractivity contribution in [1.29, 1.82) is 0 Å². The van der Waals surface area contributed by atoms with Crippen LogP contribution in [0.4, 0.5) is 11.4 Å². The average Bonchev–Trinajstić information content (AvgIpc) is 2.85. The van der Waals surface area contributed by atoms with Gasteiger partial charge in [0.05, 0.1) is 4.90 Å². The Balaban J connectivity index is 1.44. The van der Waals surface area contributed by atoms with E-state index in [1.165, 1.54) is 4.90 Å². The van der Waals surface area contributed by atoms with Crippen molar-refractivity contribution in [3.05, 3.63) is 53.6 Å². The van der Waals surface area contributed by atoms with Crippen molar-refractivity contribution in [2.75, 3.05) is 43.5 Å². The predicted molar refractivity (Wildman–Crippen MR) is 132 cm³/mol. The van der Waals surface area contributed by atoms with E-state index in [9.17, 15) is 18.0 Å². The molecule has 0 atom stereocenters. The smallest absolute Gasteiger partial charge is 0.243 e. The molecule has 0 bridgehead atoms. The van der Waals surface area contributed by atoms with Crippen LogP contribution in [-0.4, -0.2) is 58.3 Å². The summed E-state index contributed by atoms with van der Waals surface area (Å²) in [5.74, 6) is -0.396. The van der Waals surface area contributed by atoms with Crippen LogP contribution in [0, 0.1) is 0 Å². The highest BCUT2D eigenvalue weighted by Crippen LogP contribution is 2.31. The largest absolute Gasteiger partial charge is 0.378 e. The van der Waals surface area contributed by atoms with E-state index in [1.807, 2.05) is 43.3 Å². The summed E-state index contributed by atoms with van der Waals surface area (Å²) in [7, 11) is 0.387. The summed E-state index contributed by atoms with van der Waals surface area (Å²) in [6.45, 7) is 1.36. The number of carbonyl (C=O) groups is 2. The highest BCUT2D eigenvalue weighted by Gasteiger charge is 2.30. The summed E-state index contributed by atoms with van der Waals surface area (Å²) in [4.78, 5) is 29.0. The Bertz CT molecular complexity index is 1160. The molecule has 9 heteroatoms. The van der Waals surface area contributed by atoms with Gasteiger partial charge in [0.2, 0.25) is 21.8 Å². The molecular formula is C25H32N4O4S. The van der Waals surface area contributed by atoms with Crippen LogP contribution < -0.4 is 15.1 Å². The lowest BCUT2D eigenvalue weighted by Crippen LogP contribution is -2.43. The minimum Gasteiger partial charge on any atom is -0.378 e. The van der Waals surface area contributed by atoms with Gasteiger partial charge >= 0.3 is 0 Å². The second kappa shape index (κ2) is 10.1. The number of piperidine rings is 1. The number of amides is 2. The lowest BCUT2D eigenvalue weighted by Gasteiger charge is -2.30. The van der Waals surface area contributed by atoms with Crippen LogP contribution in [0.1, 0.15) is 36.8 Å². The van der Waals surface area contributed by atoms with Crippen LogP contribution >= 0.6 is 0 Å². The fourth-order valence-corrected chi connectivity index (χ4v) is 6.00. The normalized spacial score (nSPS) is 16.8. The van der Waals surface area contributed by atoms with Gasteiger partial charge in [0.1, 0.15) is 6.54 Å². The molecule has 2 aliphatic heterocycles. The number of nitrogens with zero attached hydrogens (tertiary/aromatic N) is 3. The summed E-state index contributed by atoms with van der Waals surface area (Å²) in [6, 6.07) is 12.8. The molecule has 2 aliphatic rings. The number of hydrogen-bond acceptors (Lipinski definition) is 5. The Kier molecular flexibility index (Phi) is 7.23. The Morgan fingerprint density at radius 1 is 1.00 bits per heavy atom. The standard InChI is InChI=1S/C25H32N4O4S/c1-27(2)21-9-6-19(7-10-21)17-26-24(30)18-29-23-12-11-22(16-20(23)8-13-25(29)31)34(32,33)28-14-4-3-5-15-28/h6-7,9-12,16H,3-5,8,13-15,17-18H2,1-2H3,(H,26,30). The maximum Gasteiger partial charge on any atom is 0.243 e. The summed E-state index contributed by atoms with van der Waals surface area (Å²) in [6.07, 6.45) is 3.52. The molecule has 0 aliphatic carbocycles. The molecule has 8 nitrogen and oxygen atoms in total. The predicted octanol–water partition coefficient (Wildman–Crippen LogP) is 2.52. The number of sulfonamides is 1. The van der Waals surface area contributed by atoms with Crippen LogP contribution in [0.15, 0.2) is 47.4 Å². The second-order valence-corrected chi connectivity index (χ2v) is 11.0. The third-order valence-electron chi connectivity index (χ3n) is 6.45. The minimum absolute atomic E-state index is 0.0974. The number of anilines is 2. The van der Waals surface area contributed by atoms with Crippen LogP contribution in [0.25, 0.3) is 0 Å². The summed E-state index contributed by atoms with van der Waals surface area (Å²) in [5.41, 5.74) is 3.44. The van der Waals surface area contributed by atoms with Crippen LogP contribution in [0.3, 0.4) is 0 Å². The zero-order chi connectivity index (χ0) is 24.3. The van der Waals surface area contributed by atoms with E-state index in [0.29, 0.717) is 31.7 Å². The van der Waals surface area contributed by atoms with E-state index in [2.05, 4.69) is 5.32 Å². The first-order valence-corrected chi connectivity index (χ1v) is 13.2. The van der Waals surface area contributed by atoms with E-state index in [0.717, 1.165) is 36.1 Å². The molecule has 34 heavy (non-hydrogen) atoms. The van der Waals surface area contributed by atoms with Crippen LogP contribution in [-0.2, 0) is 32.6 Å². The number of hydrogen-bond donors (Lipinski definition) is 1. The molecule has 2 heterocycles. The topological polar surface area (TPSA) is 90.0 Å². The first-order valence-electron chi connectivity index (χ1n) is 11.7. The van der Waals surface area contributed by atoms with Gasteiger partial charge in [-0.3, -0.25) is 9.59 Å². The maximum absolute atomic E-state index is 13.1. The number of nitrogens with one attached hydrogen (secondary N) is 1. The lowest BCUT2D eigenvalue weighted by molar-refractivity contribution is -0.124. The first kappa shape index (κ1) is 24.2. The zero-order valence-corrected chi connectivity index (χ0v) is 20.6. The third kappa shape index (κ3) is 5.26. The van der Waals surface area contributed by atoms with Crippen molar-refractivity contribution in [2.45, 2.75) is 43.5 Å². The Morgan fingerprint density at radius 2 is 1.71 bits per heavy atom. The highest BCUT2D eigenvalue weighted by molar-refractivity contribution is 7.89. The summed E-state index contributed by atoms with van der Waals surface area (Å²) < 4.78 is 27.7. The lowest BCUT2D eigenvalue weighted by atomic mass is 10.0. The summed E-state index contributed by atoms with van der Waals surface area (Å²) in [5, 5.41) is 2.88. The number of fused-ring (bicyclic) bond motifs is 1.